The molecule has 0 bridgehead atoms. The van der Waals surface area contributed by atoms with Crippen LogP contribution in [0.15, 0.2) is 41.8 Å². The molecule has 1 amide bonds. The van der Waals surface area contributed by atoms with Crippen molar-refractivity contribution >= 4 is 42.1 Å². The minimum atomic E-state index is -0.804. The molecular weight excluding hydrogens is 429 g/mol. The Balaban J connectivity index is 0.00000150. The first-order valence-electron chi connectivity index (χ1n) is 9.65. The molecule has 3 N–H and O–H groups in total. The van der Waals surface area contributed by atoms with Gasteiger partial charge >= 0.3 is 0 Å². The van der Waals surface area contributed by atoms with Crippen LogP contribution in [0.25, 0.3) is 0 Å². The normalized spacial score (nSPS) is 19.2. The molecule has 1 saturated heterocycles. The molecule has 3 heterocycles. The Morgan fingerprint density at radius 2 is 1.93 bits per heavy atom. The third kappa shape index (κ3) is 5.51. The molecule has 8 heteroatoms. The quantitative estimate of drug-likeness (QED) is 0.722. The van der Waals surface area contributed by atoms with Crippen molar-refractivity contribution in [2.24, 2.45) is 5.73 Å². The van der Waals surface area contributed by atoms with Crippen molar-refractivity contribution in [3.05, 3.63) is 57.8 Å². The topological polar surface area (TPSA) is 67.6 Å². The molecule has 0 saturated carbocycles. The van der Waals surface area contributed by atoms with E-state index in [1.54, 1.807) is 0 Å². The van der Waals surface area contributed by atoms with Crippen LogP contribution in [0.2, 0.25) is 0 Å². The van der Waals surface area contributed by atoms with Crippen molar-refractivity contribution in [2.45, 2.75) is 37.4 Å². The van der Waals surface area contributed by atoms with Crippen molar-refractivity contribution in [1.82, 2.24) is 10.2 Å². The first-order chi connectivity index (χ1) is 13.2. The lowest BCUT2D eigenvalue weighted by atomic mass is 9.90. The fourth-order valence-corrected chi connectivity index (χ4v) is 4.89. The summed E-state index contributed by atoms with van der Waals surface area (Å²) in [4.78, 5) is 16.7. The van der Waals surface area contributed by atoms with Crippen LogP contribution in [0.1, 0.15) is 34.9 Å². The standard InChI is InChI=1S/C21H27N3O2S.2ClH/c22-21(8-11-26-12-9-21)20(25)23-14-18(16-4-2-1-3-5-16)24-10-6-19-17(15-24)7-13-27-19;;/h1-5,7,13,18H,6,8-12,14-15,22H2,(H,23,25);2*1H. The number of hydrogen-bond donors (Lipinski definition) is 2. The van der Waals surface area contributed by atoms with Crippen LogP contribution in [-0.4, -0.2) is 42.6 Å². The fraction of sp³-hybridized carbons (Fsp3) is 0.476. The first-order valence-corrected chi connectivity index (χ1v) is 10.5. The van der Waals surface area contributed by atoms with Gasteiger partial charge in [-0.15, -0.1) is 36.2 Å². The zero-order chi connectivity index (χ0) is 18.7. The molecule has 2 aliphatic rings. The van der Waals surface area contributed by atoms with E-state index in [0.29, 0.717) is 32.6 Å². The van der Waals surface area contributed by atoms with E-state index >= 15 is 0 Å². The maximum absolute atomic E-state index is 12.8. The van der Waals surface area contributed by atoms with Crippen molar-refractivity contribution in [3.63, 3.8) is 0 Å². The van der Waals surface area contributed by atoms with Gasteiger partial charge < -0.3 is 15.8 Å². The molecule has 1 fully saturated rings. The molecular formula is C21H29Cl2N3O2S. The van der Waals surface area contributed by atoms with Gasteiger partial charge in [0, 0.05) is 37.7 Å². The van der Waals surface area contributed by atoms with Crippen LogP contribution in [0, 0.1) is 0 Å². The van der Waals surface area contributed by atoms with E-state index in [0.717, 1.165) is 19.5 Å². The van der Waals surface area contributed by atoms with E-state index in [-0.39, 0.29) is 36.8 Å². The summed E-state index contributed by atoms with van der Waals surface area (Å²) in [5.74, 6) is -0.0556. The third-order valence-corrected chi connectivity index (χ3v) is 6.78. The number of nitrogens with one attached hydrogen (secondary N) is 1. The predicted octanol–water partition coefficient (Wildman–Crippen LogP) is 3.32. The van der Waals surface area contributed by atoms with Crippen LogP contribution in [0.3, 0.4) is 0 Å². The van der Waals surface area contributed by atoms with E-state index in [1.807, 2.05) is 17.4 Å². The molecule has 0 aliphatic carbocycles. The number of benzene rings is 1. The van der Waals surface area contributed by atoms with Gasteiger partial charge in [0.15, 0.2) is 0 Å². The molecule has 1 aromatic carbocycles. The largest absolute Gasteiger partial charge is 0.381 e. The number of nitrogens with two attached hydrogens (primary N) is 1. The summed E-state index contributed by atoms with van der Waals surface area (Å²) < 4.78 is 5.36. The number of nitrogens with zero attached hydrogens (tertiary/aromatic N) is 1. The Bertz CT molecular complexity index is 781. The second-order valence-corrected chi connectivity index (χ2v) is 8.50. The second-order valence-electron chi connectivity index (χ2n) is 7.49. The average molecular weight is 458 g/mol. The van der Waals surface area contributed by atoms with Gasteiger partial charge in [0.25, 0.3) is 0 Å². The van der Waals surface area contributed by atoms with E-state index in [9.17, 15) is 4.79 Å². The summed E-state index contributed by atoms with van der Waals surface area (Å²) in [5.41, 5.74) is 8.19. The molecule has 0 radical (unpaired) electrons. The highest BCUT2D eigenvalue weighted by molar-refractivity contribution is 7.10. The molecule has 1 aromatic heterocycles. The maximum atomic E-state index is 12.8. The summed E-state index contributed by atoms with van der Waals surface area (Å²) in [5, 5.41) is 5.33. The van der Waals surface area contributed by atoms with Crippen LogP contribution in [0.5, 0.6) is 0 Å². The molecule has 4 rings (SSSR count). The van der Waals surface area contributed by atoms with Gasteiger partial charge in [0.05, 0.1) is 11.6 Å². The summed E-state index contributed by atoms with van der Waals surface area (Å²) >= 11 is 1.85. The Hall–Kier alpha value is -1.15. The van der Waals surface area contributed by atoms with Crippen LogP contribution < -0.4 is 11.1 Å². The summed E-state index contributed by atoms with van der Waals surface area (Å²) in [6, 6.07) is 12.8. The number of halogens is 2. The molecule has 2 aliphatic heterocycles. The second kappa shape index (κ2) is 10.8. The number of rotatable bonds is 5. The Kier molecular flexibility index (Phi) is 8.94. The minimum Gasteiger partial charge on any atom is -0.381 e. The lowest BCUT2D eigenvalue weighted by molar-refractivity contribution is -0.130. The zero-order valence-electron chi connectivity index (χ0n) is 16.3. The van der Waals surface area contributed by atoms with Gasteiger partial charge in [-0.05, 0) is 41.8 Å². The molecule has 1 unspecified atom stereocenters. The van der Waals surface area contributed by atoms with Crippen LogP contribution >= 0.6 is 36.2 Å². The van der Waals surface area contributed by atoms with Gasteiger partial charge in [-0.3, -0.25) is 9.69 Å². The van der Waals surface area contributed by atoms with Gasteiger partial charge in [0.2, 0.25) is 5.91 Å². The smallest absolute Gasteiger partial charge is 0.240 e. The summed E-state index contributed by atoms with van der Waals surface area (Å²) in [6.07, 6.45) is 2.23. The van der Waals surface area contributed by atoms with Crippen LogP contribution in [-0.2, 0) is 22.5 Å². The van der Waals surface area contributed by atoms with Gasteiger partial charge in [-0.2, -0.15) is 0 Å². The van der Waals surface area contributed by atoms with Crippen molar-refractivity contribution in [3.8, 4) is 0 Å². The number of carbonyl (C=O) groups excluding carboxylic acids is 1. The molecule has 2 aromatic rings. The Labute approximate surface area is 188 Å². The zero-order valence-corrected chi connectivity index (χ0v) is 18.8. The van der Waals surface area contributed by atoms with Gasteiger partial charge in [-0.1, -0.05) is 30.3 Å². The monoisotopic (exact) mass is 457 g/mol. The van der Waals surface area contributed by atoms with E-state index in [1.165, 1.54) is 16.0 Å². The van der Waals surface area contributed by atoms with E-state index in [2.05, 4.69) is 45.9 Å². The number of amides is 1. The third-order valence-electron chi connectivity index (χ3n) is 5.76. The first kappa shape index (κ1) is 24.1. The molecule has 1 atom stereocenters. The number of ether oxygens (including phenoxy) is 1. The highest BCUT2D eigenvalue weighted by Crippen LogP contribution is 2.30. The summed E-state index contributed by atoms with van der Waals surface area (Å²) in [7, 11) is 0. The fourth-order valence-electron chi connectivity index (χ4n) is 4.00. The highest BCUT2D eigenvalue weighted by atomic mass is 35.5. The molecule has 160 valence electrons. The SMILES string of the molecule is Cl.Cl.NC1(C(=O)NCC(c2ccccc2)N2CCc3sccc3C2)CCOCC1. The predicted molar refractivity (Wildman–Crippen MR) is 122 cm³/mol. The van der Waals surface area contributed by atoms with E-state index in [4.69, 9.17) is 10.5 Å². The lowest BCUT2D eigenvalue weighted by Gasteiger charge is -2.37. The van der Waals surface area contributed by atoms with Crippen molar-refractivity contribution < 1.29 is 9.53 Å². The molecule has 0 spiro atoms. The average Bonchev–Trinajstić information content (AvgIpc) is 3.17. The maximum Gasteiger partial charge on any atom is 0.240 e. The lowest BCUT2D eigenvalue weighted by Crippen LogP contribution is -2.57. The van der Waals surface area contributed by atoms with Crippen LogP contribution in [0.4, 0.5) is 0 Å². The minimum absolute atomic E-state index is 0. The molecule has 5 nitrogen and oxygen atoms in total. The van der Waals surface area contributed by atoms with E-state index < -0.39 is 5.54 Å². The highest BCUT2D eigenvalue weighted by Gasteiger charge is 2.36. The number of fused-ring (bicyclic) bond motifs is 1. The number of carbonyl (C=O) groups is 1. The molecule has 29 heavy (non-hydrogen) atoms. The van der Waals surface area contributed by atoms with Gasteiger partial charge in [-0.25, -0.2) is 0 Å². The Morgan fingerprint density at radius 3 is 2.66 bits per heavy atom. The number of hydrogen-bond acceptors (Lipinski definition) is 5. The van der Waals surface area contributed by atoms with Crippen molar-refractivity contribution in [1.29, 1.82) is 0 Å². The number of thiophene rings is 1. The Morgan fingerprint density at radius 1 is 1.21 bits per heavy atom. The van der Waals surface area contributed by atoms with Crippen molar-refractivity contribution in [2.75, 3.05) is 26.3 Å². The van der Waals surface area contributed by atoms with Gasteiger partial charge in [0.1, 0.15) is 0 Å². The summed E-state index contributed by atoms with van der Waals surface area (Å²) in [6.45, 7) is 3.61.